The lowest BCUT2D eigenvalue weighted by Crippen LogP contribution is -2.52. The van der Waals surface area contributed by atoms with Crippen LogP contribution in [0.5, 0.6) is 0 Å². The van der Waals surface area contributed by atoms with Crippen LogP contribution in [0.3, 0.4) is 0 Å². The van der Waals surface area contributed by atoms with Crippen molar-refractivity contribution in [1.29, 1.82) is 0 Å². The zero-order chi connectivity index (χ0) is 16.4. The number of nitrogens with zero attached hydrogens (tertiary/aromatic N) is 2. The Balaban J connectivity index is 0.00000182. The van der Waals surface area contributed by atoms with Gasteiger partial charge in [-0.05, 0) is 35.7 Å². The van der Waals surface area contributed by atoms with Crippen molar-refractivity contribution in [2.24, 2.45) is 0 Å². The van der Waals surface area contributed by atoms with Crippen LogP contribution in [-0.4, -0.2) is 54.5 Å². The lowest BCUT2D eigenvalue weighted by molar-refractivity contribution is -0.134. The summed E-state index contributed by atoms with van der Waals surface area (Å²) in [4.78, 5) is 17.0. The molecule has 0 aliphatic carbocycles. The summed E-state index contributed by atoms with van der Waals surface area (Å²) >= 11 is 0. The zero-order valence-corrected chi connectivity index (χ0v) is 15.3. The molecule has 5 heteroatoms. The number of benzene rings is 2. The average molecular weight is 360 g/mol. The predicted molar refractivity (Wildman–Crippen MR) is 104 cm³/mol. The fraction of sp³-hybridized carbons (Fsp3) is 0.450. The number of amides is 1. The molecule has 2 aliphatic rings. The monoisotopic (exact) mass is 359 g/mol. The summed E-state index contributed by atoms with van der Waals surface area (Å²) in [6, 6.07) is 15.2. The highest BCUT2D eigenvalue weighted by Crippen LogP contribution is 2.21. The lowest BCUT2D eigenvalue weighted by atomic mass is 10.0. The van der Waals surface area contributed by atoms with Crippen molar-refractivity contribution in [3.8, 4) is 0 Å². The van der Waals surface area contributed by atoms with Crippen LogP contribution in [0, 0.1) is 0 Å². The van der Waals surface area contributed by atoms with Crippen molar-refractivity contribution in [1.82, 2.24) is 15.1 Å². The fourth-order valence-corrected chi connectivity index (χ4v) is 3.91. The van der Waals surface area contributed by atoms with Crippen LogP contribution in [0.25, 0.3) is 10.8 Å². The third kappa shape index (κ3) is 3.97. The second-order valence-electron chi connectivity index (χ2n) is 6.89. The van der Waals surface area contributed by atoms with Gasteiger partial charge >= 0.3 is 0 Å². The van der Waals surface area contributed by atoms with E-state index >= 15 is 0 Å². The molecule has 0 bridgehead atoms. The molecule has 2 heterocycles. The fourth-order valence-electron chi connectivity index (χ4n) is 3.91. The maximum atomic E-state index is 12.5. The highest BCUT2D eigenvalue weighted by molar-refractivity contribution is 5.86. The molecule has 2 fully saturated rings. The van der Waals surface area contributed by atoms with E-state index in [4.69, 9.17) is 0 Å². The molecular weight excluding hydrogens is 334 g/mol. The van der Waals surface area contributed by atoms with E-state index in [-0.39, 0.29) is 18.4 Å². The van der Waals surface area contributed by atoms with Crippen molar-refractivity contribution in [3.63, 3.8) is 0 Å². The molecule has 1 N–H and O–H groups in total. The lowest BCUT2D eigenvalue weighted by Gasteiger charge is -2.36. The van der Waals surface area contributed by atoms with E-state index in [0.717, 1.165) is 52.1 Å². The molecule has 4 rings (SSSR count). The first-order chi connectivity index (χ1) is 11.8. The van der Waals surface area contributed by atoms with E-state index in [1.807, 2.05) is 4.90 Å². The van der Waals surface area contributed by atoms with Crippen LogP contribution in [0.15, 0.2) is 42.5 Å². The molecule has 2 aliphatic heterocycles. The molecule has 1 unspecified atom stereocenters. The van der Waals surface area contributed by atoms with E-state index in [1.165, 1.54) is 16.3 Å². The zero-order valence-electron chi connectivity index (χ0n) is 14.5. The van der Waals surface area contributed by atoms with Gasteiger partial charge in [-0.15, -0.1) is 12.4 Å². The molecular formula is C20H26ClN3O. The van der Waals surface area contributed by atoms with E-state index in [1.54, 1.807) is 0 Å². The standard InChI is InChI=1S/C20H25N3O.ClH/c24-20(19-9-4-10-21-19)23-13-11-22(12-14-23)15-17-7-3-6-16-5-1-2-8-18(16)17;/h1-3,5-8,19,21H,4,9-15H2;1H. The summed E-state index contributed by atoms with van der Waals surface area (Å²) in [5.41, 5.74) is 1.38. The van der Waals surface area contributed by atoms with Gasteiger partial charge in [-0.2, -0.15) is 0 Å². The van der Waals surface area contributed by atoms with Gasteiger partial charge in [0, 0.05) is 32.7 Å². The number of hydrogen-bond acceptors (Lipinski definition) is 3. The van der Waals surface area contributed by atoms with Gasteiger partial charge in [0.25, 0.3) is 0 Å². The Morgan fingerprint density at radius 2 is 1.80 bits per heavy atom. The second kappa shape index (κ2) is 8.17. The first-order valence-corrected chi connectivity index (χ1v) is 9.02. The van der Waals surface area contributed by atoms with Crippen LogP contribution in [0.2, 0.25) is 0 Å². The smallest absolute Gasteiger partial charge is 0.239 e. The molecule has 25 heavy (non-hydrogen) atoms. The summed E-state index contributed by atoms with van der Waals surface area (Å²) in [5.74, 6) is 0.303. The first-order valence-electron chi connectivity index (χ1n) is 9.02. The van der Waals surface area contributed by atoms with Gasteiger partial charge in [0.15, 0.2) is 0 Å². The molecule has 1 amide bonds. The van der Waals surface area contributed by atoms with Gasteiger partial charge < -0.3 is 10.2 Å². The van der Waals surface area contributed by atoms with Crippen molar-refractivity contribution in [2.75, 3.05) is 32.7 Å². The highest BCUT2D eigenvalue weighted by Gasteiger charge is 2.29. The van der Waals surface area contributed by atoms with Crippen LogP contribution in [0.4, 0.5) is 0 Å². The van der Waals surface area contributed by atoms with Gasteiger partial charge in [-0.1, -0.05) is 42.5 Å². The quantitative estimate of drug-likeness (QED) is 0.915. The molecule has 0 spiro atoms. The van der Waals surface area contributed by atoms with Crippen LogP contribution in [0.1, 0.15) is 18.4 Å². The van der Waals surface area contributed by atoms with Gasteiger partial charge in [-0.3, -0.25) is 9.69 Å². The van der Waals surface area contributed by atoms with E-state index < -0.39 is 0 Å². The SMILES string of the molecule is Cl.O=C(C1CCCN1)N1CCN(Cc2cccc3ccccc23)CC1. The molecule has 2 saturated heterocycles. The highest BCUT2D eigenvalue weighted by atomic mass is 35.5. The molecule has 2 aromatic rings. The van der Waals surface area contributed by atoms with Gasteiger partial charge in [0.1, 0.15) is 0 Å². The van der Waals surface area contributed by atoms with Crippen LogP contribution >= 0.6 is 12.4 Å². The molecule has 0 radical (unpaired) electrons. The van der Waals surface area contributed by atoms with Crippen LogP contribution < -0.4 is 5.32 Å². The van der Waals surface area contributed by atoms with Gasteiger partial charge in [0.2, 0.25) is 5.91 Å². The minimum Gasteiger partial charge on any atom is -0.339 e. The minimum atomic E-state index is 0. The summed E-state index contributed by atoms with van der Waals surface area (Å²) in [5, 5.41) is 5.96. The maximum Gasteiger partial charge on any atom is 0.239 e. The largest absolute Gasteiger partial charge is 0.339 e. The van der Waals surface area contributed by atoms with Crippen molar-refractivity contribution >= 4 is 29.1 Å². The number of piperazine rings is 1. The Kier molecular flexibility index (Phi) is 5.94. The Hall–Kier alpha value is -1.62. The Bertz CT molecular complexity index is 716. The number of carbonyl (C=O) groups is 1. The van der Waals surface area contributed by atoms with Crippen molar-refractivity contribution in [3.05, 3.63) is 48.0 Å². The third-order valence-electron chi connectivity index (χ3n) is 5.32. The normalized spacial score (nSPS) is 21.3. The predicted octanol–water partition coefficient (Wildman–Crippen LogP) is 2.66. The number of rotatable bonds is 3. The number of hydrogen-bond donors (Lipinski definition) is 1. The number of fused-ring (bicyclic) bond motifs is 1. The Labute approximate surface area is 155 Å². The number of carbonyl (C=O) groups excluding carboxylic acids is 1. The average Bonchev–Trinajstić information content (AvgIpc) is 3.17. The van der Waals surface area contributed by atoms with E-state index in [2.05, 4.69) is 52.7 Å². The molecule has 0 aromatic heterocycles. The topological polar surface area (TPSA) is 35.6 Å². The summed E-state index contributed by atoms with van der Waals surface area (Å²) < 4.78 is 0. The minimum absolute atomic E-state index is 0. The van der Waals surface area contributed by atoms with Gasteiger partial charge in [-0.25, -0.2) is 0 Å². The number of nitrogens with one attached hydrogen (secondary N) is 1. The molecule has 2 aromatic carbocycles. The molecule has 0 saturated carbocycles. The summed E-state index contributed by atoms with van der Waals surface area (Å²) in [6.45, 7) is 5.56. The summed E-state index contributed by atoms with van der Waals surface area (Å²) in [7, 11) is 0. The second-order valence-corrected chi connectivity index (χ2v) is 6.89. The maximum absolute atomic E-state index is 12.5. The Morgan fingerprint density at radius 1 is 1.04 bits per heavy atom. The van der Waals surface area contributed by atoms with Crippen molar-refractivity contribution < 1.29 is 4.79 Å². The Morgan fingerprint density at radius 3 is 2.56 bits per heavy atom. The summed E-state index contributed by atoms with van der Waals surface area (Å²) in [6.07, 6.45) is 2.12. The molecule has 1 atom stereocenters. The molecule has 4 nitrogen and oxygen atoms in total. The number of halogens is 1. The van der Waals surface area contributed by atoms with Crippen molar-refractivity contribution in [2.45, 2.75) is 25.4 Å². The van der Waals surface area contributed by atoms with E-state index in [9.17, 15) is 4.79 Å². The van der Waals surface area contributed by atoms with E-state index in [0.29, 0.717) is 5.91 Å². The van der Waals surface area contributed by atoms with Crippen LogP contribution in [-0.2, 0) is 11.3 Å². The van der Waals surface area contributed by atoms with Gasteiger partial charge in [0.05, 0.1) is 6.04 Å². The third-order valence-corrected chi connectivity index (χ3v) is 5.32. The molecule has 134 valence electrons. The first kappa shape index (κ1) is 18.2.